The zero-order valence-corrected chi connectivity index (χ0v) is 69.1. The summed E-state index contributed by atoms with van der Waals surface area (Å²) < 4.78 is 68.7. The molecule has 0 rings (SSSR count). The summed E-state index contributed by atoms with van der Waals surface area (Å²) in [6, 6.07) is 0. The van der Waals surface area contributed by atoms with Crippen molar-refractivity contribution in [3.05, 3.63) is 24.3 Å². The topological polar surface area (TPSA) is 237 Å². The largest absolute Gasteiger partial charge is 0.472 e. The van der Waals surface area contributed by atoms with Gasteiger partial charge in [-0.05, 0) is 69.1 Å². The minimum atomic E-state index is -4.97. The van der Waals surface area contributed by atoms with Gasteiger partial charge in [0.25, 0.3) is 0 Å². The van der Waals surface area contributed by atoms with Gasteiger partial charge in [0.1, 0.15) is 19.3 Å². The Hall–Kier alpha value is -2.46. The van der Waals surface area contributed by atoms with Gasteiger partial charge >= 0.3 is 39.5 Å². The van der Waals surface area contributed by atoms with E-state index in [2.05, 4.69) is 72.8 Å². The molecule has 0 aromatic carbocycles. The van der Waals surface area contributed by atoms with E-state index in [1.807, 2.05) is 0 Å². The Morgan fingerprint density at radius 1 is 0.320 bits per heavy atom. The van der Waals surface area contributed by atoms with Gasteiger partial charge in [-0.25, -0.2) is 9.13 Å². The molecule has 0 aliphatic rings. The number of esters is 4. The summed E-state index contributed by atoms with van der Waals surface area (Å²) in [4.78, 5) is 73.1. The van der Waals surface area contributed by atoms with Crippen LogP contribution in [0.25, 0.3) is 0 Å². The van der Waals surface area contributed by atoms with Crippen LogP contribution in [0.4, 0.5) is 0 Å². The molecule has 0 aliphatic carbocycles. The minimum Gasteiger partial charge on any atom is -0.462 e. The molecule has 608 valence electrons. The molecule has 0 aliphatic heterocycles. The molecule has 103 heavy (non-hydrogen) atoms. The summed E-state index contributed by atoms with van der Waals surface area (Å²) in [5, 5.41) is 10.7. The van der Waals surface area contributed by atoms with Crippen molar-refractivity contribution < 1.29 is 80.2 Å². The normalized spacial score (nSPS) is 14.6. The maximum absolute atomic E-state index is 13.1. The highest BCUT2D eigenvalue weighted by Crippen LogP contribution is 2.45. The first kappa shape index (κ1) is 101. The van der Waals surface area contributed by atoms with Crippen LogP contribution >= 0.6 is 15.6 Å². The number of phosphoric ester groups is 2. The maximum atomic E-state index is 13.1. The SMILES string of the molecule is CCCCCC/C=C\C=C/CCCCCCCC(=O)O[C@H](COC(=O)CCCCCCCCCCCCCCCC(C)C)COP(=O)(O)OC[C@@H](O)COP(=O)(O)OC[C@@H](COC(=O)CCCCCCCCC(C)CC)OC(=O)CCCCCCCCCCCCCCCCCCCCC(C)CC. The van der Waals surface area contributed by atoms with E-state index in [9.17, 15) is 43.2 Å². The van der Waals surface area contributed by atoms with Gasteiger partial charge in [0.15, 0.2) is 12.2 Å². The van der Waals surface area contributed by atoms with Crippen molar-refractivity contribution in [3.8, 4) is 0 Å². The quantitative estimate of drug-likeness (QED) is 0.0169. The van der Waals surface area contributed by atoms with Gasteiger partial charge in [0.2, 0.25) is 0 Å². The summed E-state index contributed by atoms with van der Waals surface area (Å²) in [5.74, 6) is 0.248. The van der Waals surface area contributed by atoms with Crippen LogP contribution in [0.2, 0.25) is 0 Å². The molecule has 19 heteroatoms. The Morgan fingerprint density at radius 3 is 0.864 bits per heavy atom. The molecule has 0 bridgehead atoms. The molecule has 0 amide bonds. The Labute approximate surface area is 631 Å². The number of ether oxygens (including phenoxy) is 4. The van der Waals surface area contributed by atoms with Crippen molar-refractivity contribution in [2.45, 2.75) is 433 Å². The molecule has 0 radical (unpaired) electrons. The number of aliphatic hydroxyl groups is 1. The Morgan fingerprint density at radius 2 is 0.573 bits per heavy atom. The lowest BCUT2D eigenvalue weighted by molar-refractivity contribution is -0.161. The van der Waals surface area contributed by atoms with Gasteiger partial charge in [-0.2, -0.15) is 0 Å². The second kappa shape index (κ2) is 73.7. The van der Waals surface area contributed by atoms with Crippen molar-refractivity contribution in [2.24, 2.45) is 17.8 Å². The minimum absolute atomic E-state index is 0.0850. The molecule has 0 spiro atoms. The van der Waals surface area contributed by atoms with Gasteiger partial charge < -0.3 is 33.8 Å². The van der Waals surface area contributed by atoms with Gasteiger partial charge in [0.05, 0.1) is 26.4 Å². The third-order valence-electron chi connectivity index (χ3n) is 19.7. The van der Waals surface area contributed by atoms with Crippen LogP contribution in [-0.2, 0) is 65.4 Å². The average Bonchev–Trinajstić information content (AvgIpc) is 0.922. The number of hydrogen-bond acceptors (Lipinski definition) is 15. The predicted molar refractivity (Wildman–Crippen MR) is 423 cm³/mol. The van der Waals surface area contributed by atoms with E-state index in [1.165, 1.54) is 205 Å². The summed E-state index contributed by atoms with van der Waals surface area (Å²) in [6.07, 6.45) is 66.1. The fraction of sp³-hybridized carbons (Fsp3) is 0.905. The molecule has 7 atom stereocenters. The van der Waals surface area contributed by atoms with E-state index in [1.54, 1.807) is 0 Å². The van der Waals surface area contributed by atoms with Crippen LogP contribution in [-0.4, -0.2) is 96.7 Å². The van der Waals surface area contributed by atoms with E-state index in [-0.39, 0.29) is 25.7 Å². The summed E-state index contributed by atoms with van der Waals surface area (Å²) >= 11 is 0. The molecule has 0 aromatic rings. The fourth-order valence-electron chi connectivity index (χ4n) is 12.4. The lowest BCUT2D eigenvalue weighted by atomic mass is 9.99. The van der Waals surface area contributed by atoms with Crippen molar-refractivity contribution in [2.75, 3.05) is 39.6 Å². The number of carbonyl (C=O) groups is 4. The standard InChI is InChI=1S/C84H160O17P2/c1-8-11-12-13-14-15-16-17-22-28-34-39-44-53-60-67-83(88)100-79(71-94-81(86)65-58-51-43-38-33-30-25-26-31-36-41-48-55-62-75(4)5)73-98-102(90,91)96-69-78(85)70-97-103(92,93)99-74-80(72-95-82(87)66-59-52-47-46-50-57-64-77(7)10-3)101-84(89)68-61-54-45-40-35-29-24-21-19-18-20-23-27-32-37-42-49-56-63-76(6)9-2/h15-17,22,75-80,85H,8-14,18-21,23-74H2,1-7H3,(H,90,91)(H,92,93)/b16-15-,22-17-/t76?,77?,78-,79-,80-/m1/s1. The molecule has 0 fully saturated rings. The molecule has 0 saturated heterocycles. The Kier molecular flexibility index (Phi) is 71.9. The molecular formula is C84H160O17P2. The van der Waals surface area contributed by atoms with Crippen LogP contribution in [0.15, 0.2) is 24.3 Å². The number of allylic oxidation sites excluding steroid dienone is 4. The fourth-order valence-corrected chi connectivity index (χ4v) is 14.0. The van der Waals surface area contributed by atoms with Crippen molar-refractivity contribution in [1.82, 2.24) is 0 Å². The molecular weight excluding hydrogens is 1340 g/mol. The van der Waals surface area contributed by atoms with Crippen LogP contribution < -0.4 is 0 Å². The number of hydrogen-bond donors (Lipinski definition) is 3. The highest BCUT2D eigenvalue weighted by atomic mass is 31.2. The summed E-state index contributed by atoms with van der Waals surface area (Å²) in [7, 11) is -9.94. The second-order valence-electron chi connectivity index (χ2n) is 30.5. The first-order valence-electron chi connectivity index (χ1n) is 42.7. The van der Waals surface area contributed by atoms with Crippen LogP contribution in [0.1, 0.15) is 414 Å². The monoisotopic (exact) mass is 1500 g/mol. The molecule has 17 nitrogen and oxygen atoms in total. The smallest absolute Gasteiger partial charge is 0.462 e. The number of aliphatic hydroxyl groups excluding tert-OH is 1. The summed E-state index contributed by atoms with van der Waals surface area (Å²) in [5.41, 5.74) is 0. The van der Waals surface area contributed by atoms with Crippen LogP contribution in [0.5, 0.6) is 0 Å². The Balaban J connectivity index is 5.23. The zero-order chi connectivity index (χ0) is 75.8. The molecule has 4 unspecified atom stereocenters. The lowest BCUT2D eigenvalue weighted by Crippen LogP contribution is -2.30. The van der Waals surface area contributed by atoms with Gasteiger partial charge in [-0.15, -0.1) is 0 Å². The van der Waals surface area contributed by atoms with Crippen molar-refractivity contribution in [1.29, 1.82) is 0 Å². The first-order valence-corrected chi connectivity index (χ1v) is 45.7. The molecule has 0 aromatic heterocycles. The lowest BCUT2D eigenvalue weighted by Gasteiger charge is -2.21. The molecule has 0 saturated carbocycles. The Bertz CT molecular complexity index is 2090. The number of carbonyl (C=O) groups excluding carboxylic acids is 4. The first-order chi connectivity index (χ1) is 49.8. The van der Waals surface area contributed by atoms with Gasteiger partial charge in [-0.1, -0.05) is 362 Å². The maximum Gasteiger partial charge on any atom is 0.472 e. The third kappa shape index (κ3) is 74.8. The second-order valence-corrected chi connectivity index (χ2v) is 33.4. The third-order valence-corrected chi connectivity index (χ3v) is 21.6. The highest BCUT2D eigenvalue weighted by molar-refractivity contribution is 7.47. The molecule has 3 N–H and O–H groups in total. The number of phosphoric acid groups is 2. The highest BCUT2D eigenvalue weighted by Gasteiger charge is 2.30. The van der Waals surface area contributed by atoms with Gasteiger partial charge in [-0.3, -0.25) is 37.3 Å². The van der Waals surface area contributed by atoms with Crippen LogP contribution in [0, 0.1) is 17.8 Å². The van der Waals surface area contributed by atoms with E-state index < -0.39 is 97.5 Å². The van der Waals surface area contributed by atoms with E-state index >= 15 is 0 Å². The number of rotatable bonds is 80. The van der Waals surface area contributed by atoms with E-state index in [0.29, 0.717) is 25.7 Å². The predicted octanol–water partition coefficient (Wildman–Crippen LogP) is 24.9. The van der Waals surface area contributed by atoms with Crippen molar-refractivity contribution in [3.63, 3.8) is 0 Å². The number of unbranched alkanes of at least 4 members (excludes halogenated alkanes) is 43. The van der Waals surface area contributed by atoms with E-state index in [4.69, 9.17) is 37.0 Å². The van der Waals surface area contributed by atoms with Crippen molar-refractivity contribution >= 4 is 39.5 Å². The summed E-state index contributed by atoms with van der Waals surface area (Å²) in [6.45, 7) is 11.9. The van der Waals surface area contributed by atoms with Crippen LogP contribution in [0.3, 0.4) is 0 Å². The van der Waals surface area contributed by atoms with Gasteiger partial charge in [0, 0.05) is 25.7 Å². The zero-order valence-electron chi connectivity index (χ0n) is 67.3. The molecule has 0 heterocycles. The average molecular weight is 1500 g/mol. The van der Waals surface area contributed by atoms with E-state index in [0.717, 1.165) is 127 Å².